The van der Waals surface area contributed by atoms with Gasteiger partial charge in [-0.15, -0.1) is 17.5 Å². The summed E-state index contributed by atoms with van der Waals surface area (Å²) >= 11 is 0. The second-order valence-corrected chi connectivity index (χ2v) is 6.24. The van der Waals surface area contributed by atoms with Gasteiger partial charge in [0.05, 0.1) is 0 Å². The van der Waals surface area contributed by atoms with E-state index >= 15 is 0 Å². The smallest absolute Gasteiger partial charge is 0 e. The van der Waals surface area contributed by atoms with Crippen molar-refractivity contribution in [3.63, 3.8) is 0 Å². The molecule has 0 nitrogen and oxygen atoms in total. The Bertz CT molecular complexity index is 1270. The number of benzene rings is 5. The summed E-state index contributed by atoms with van der Waals surface area (Å²) < 4.78 is 0. The minimum absolute atomic E-state index is 0. The average molecular weight is 391 g/mol. The Hall–Kier alpha value is -2.02. The van der Waals surface area contributed by atoms with Gasteiger partial charge in [0.15, 0.2) is 0 Å². The molecule has 0 unspecified atom stereocenters. The summed E-state index contributed by atoms with van der Waals surface area (Å²) in [5.41, 5.74) is 0.952. The molecule has 0 spiro atoms. The van der Waals surface area contributed by atoms with E-state index in [4.69, 9.17) is 6.58 Å². The molecule has 0 atom stereocenters. The van der Waals surface area contributed by atoms with Crippen molar-refractivity contribution in [1.29, 1.82) is 0 Å². The number of fused-ring (bicyclic) bond motifs is 4. The molecule has 0 aliphatic carbocycles. The van der Waals surface area contributed by atoms with Crippen LogP contribution in [0.15, 0.2) is 72.8 Å². The van der Waals surface area contributed by atoms with Crippen molar-refractivity contribution < 1.29 is 32.7 Å². The Morgan fingerprint density at radius 3 is 1.76 bits per heavy atom. The van der Waals surface area contributed by atoms with Gasteiger partial charge in [-0.3, -0.25) is 5.56 Å². The predicted octanol–water partition coefficient (Wildman–Crippen LogP) is 6.54. The third kappa shape index (κ3) is 2.70. The molecule has 0 bridgehead atoms. The van der Waals surface area contributed by atoms with Gasteiger partial charge in [-0.1, -0.05) is 30.3 Å². The zero-order valence-corrected chi connectivity index (χ0v) is 16.5. The molecule has 115 valence electrons. The van der Waals surface area contributed by atoms with E-state index in [1.807, 2.05) is 6.07 Å². The second kappa shape index (κ2) is 6.37. The maximum atomic E-state index is 5.76. The van der Waals surface area contributed by atoms with Crippen LogP contribution in [0.4, 0.5) is 0 Å². The fraction of sp³-hybridized carbons (Fsp3) is 0. The molecule has 0 N–H and O–H groups in total. The molecule has 0 saturated heterocycles. The minimum atomic E-state index is 0. The normalized spacial score (nSPS) is 11.0. The summed E-state index contributed by atoms with van der Waals surface area (Å²) in [6.07, 6.45) is 1.63. The van der Waals surface area contributed by atoms with E-state index in [2.05, 4.69) is 72.8 Å². The van der Waals surface area contributed by atoms with Crippen LogP contribution in [0.1, 0.15) is 5.56 Å². The standard InChI is InChI=1S/C24H14.Y/c1-2-16-8-5-9-19-12-22-13-20-10-17-6-3-4-7-18(17)11-21(20)14-23(22)15-24(16)19;/h1-7,9-15H;/q-2;. The molecule has 5 rings (SSSR count). The van der Waals surface area contributed by atoms with Crippen LogP contribution in [0.3, 0.4) is 0 Å². The van der Waals surface area contributed by atoms with E-state index in [-0.39, 0.29) is 32.7 Å². The number of hydrogen-bond donors (Lipinski definition) is 0. The van der Waals surface area contributed by atoms with Gasteiger partial charge in [0.2, 0.25) is 0 Å². The summed E-state index contributed by atoms with van der Waals surface area (Å²) in [6.45, 7) is 5.76. The van der Waals surface area contributed by atoms with Crippen LogP contribution in [-0.4, -0.2) is 0 Å². The van der Waals surface area contributed by atoms with Crippen molar-refractivity contribution >= 4 is 49.2 Å². The van der Waals surface area contributed by atoms with E-state index in [0.29, 0.717) is 0 Å². The summed E-state index contributed by atoms with van der Waals surface area (Å²) in [6, 6.07) is 29.3. The van der Waals surface area contributed by atoms with Gasteiger partial charge < -0.3 is 12.7 Å². The van der Waals surface area contributed by atoms with Crippen LogP contribution >= 0.6 is 0 Å². The van der Waals surface area contributed by atoms with Gasteiger partial charge >= 0.3 is 0 Å². The molecule has 0 heterocycles. The average Bonchev–Trinajstić information content (AvgIpc) is 2.62. The number of rotatable bonds is 1. The Kier molecular flexibility index (Phi) is 4.19. The molecule has 1 heteroatoms. The Morgan fingerprint density at radius 2 is 1.16 bits per heavy atom. The van der Waals surface area contributed by atoms with Crippen LogP contribution in [0, 0.1) is 12.6 Å². The van der Waals surface area contributed by atoms with Crippen LogP contribution in [0.25, 0.3) is 49.2 Å². The molecule has 5 aromatic rings. The van der Waals surface area contributed by atoms with Gasteiger partial charge in [-0.05, 0) is 56.6 Å². The number of hydrogen-bond acceptors (Lipinski definition) is 0. The Labute approximate surface area is 172 Å². The quantitative estimate of drug-likeness (QED) is 0.225. The van der Waals surface area contributed by atoms with E-state index in [0.717, 1.165) is 10.9 Å². The van der Waals surface area contributed by atoms with Gasteiger partial charge in [-0.2, -0.15) is 11.5 Å². The molecule has 25 heavy (non-hydrogen) atoms. The SMILES string of the molecule is [CH-]=Cc1[c-]ccc2cc3cc4cc5ccccc5cc4cc3cc12.[Y]. The van der Waals surface area contributed by atoms with Crippen LogP contribution in [0.2, 0.25) is 0 Å². The summed E-state index contributed by atoms with van der Waals surface area (Å²) in [5, 5.41) is 9.90. The zero-order chi connectivity index (χ0) is 16.1. The van der Waals surface area contributed by atoms with Gasteiger partial charge in [0.1, 0.15) is 0 Å². The van der Waals surface area contributed by atoms with E-state index in [1.165, 1.54) is 37.7 Å². The molecule has 0 saturated carbocycles. The van der Waals surface area contributed by atoms with Crippen LogP contribution in [-0.2, 0) is 32.7 Å². The summed E-state index contributed by atoms with van der Waals surface area (Å²) in [4.78, 5) is 0. The Balaban J connectivity index is 0.00000157. The van der Waals surface area contributed by atoms with E-state index in [9.17, 15) is 0 Å². The van der Waals surface area contributed by atoms with E-state index < -0.39 is 0 Å². The third-order valence-electron chi connectivity index (χ3n) is 4.79. The topological polar surface area (TPSA) is 0 Å². The summed E-state index contributed by atoms with van der Waals surface area (Å²) in [7, 11) is 0. The fourth-order valence-corrected chi connectivity index (χ4v) is 3.57. The van der Waals surface area contributed by atoms with Crippen molar-refractivity contribution in [3.8, 4) is 0 Å². The fourth-order valence-electron chi connectivity index (χ4n) is 3.57. The molecule has 0 fully saturated rings. The van der Waals surface area contributed by atoms with E-state index in [1.54, 1.807) is 6.08 Å². The monoisotopic (exact) mass is 391 g/mol. The largest absolute Gasteiger partial charge is 0.344 e. The van der Waals surface area contributed by atoms with Gasteiger partial charge in [-0.25, -0.2) is 6.07 Å². The molecular formula is C24H14Y-2. The van der Waals surface area contributed by atoms with Crippen molar-refractivity contribution in [2.24, 2.45) is 0 Å². The first-order chi connectivity index (χ1) is 11.8. The van der Waals surface area contributed by atoms with Crippen molar-refractivity contribution in [2.45, 2.75) is 0 Å². The third-order valence-corrected chi connectivity index (χ3v) is 4.79. The maximum absolute atomic E-state index is 5.76. The molecular weight excluding hydrogens is 377 g/mol. The van der Waals surface area contributed by atoms with Crippen LogP contribution in [0.5, 0.6) is 0 Å². The first kappa shape index (κ1) is 16.5. The minimum Gasteiger partial charge on any atom is -0.344 e. The first-order valence-electron chi connectivity index (χ1n) is 8.07. The Morgan fingerprint density at radius 1 is 0.640 bits per heavy atom. The second-order valence-electron chi connectivity index (χ2n) is 6.24. The molecule has 1 radical (unpaired) electrons. The molecule has 0 amide bonds. The molecule has 5 aromatic carbocycles. The van der Waals surface area contributed by atoms with Gasteiger partial charge in [0, 0.05) is 32.7 Å². The maximum Gasteiger partial charge on any atom is 0 e. The first-order valence-corrected chi connectivity index (χ1v) is 8.07. The van der Waals surface area contributed by atoms with Crippen molar-refractivity contribution in [3.05, 3.63) is 91.0 Å². The summed E-state index contributed by atoms with van der Waals surface area (Å²) in [5.74, 6) is 0. The molecule has 0 aliphatic rings. The van der Waals surface area contributed by atoms with Crippen molar-refractivity contribution in [1.82, 2.24) is 0 Å². The zero-order valence-electron chi connectivity index (χ0n) is 13.7. The van der Waals surface area contributed by atoms with Gasteiger partial charge in [0.25, 0.3) is 0 Å². The van der Waals surface area contributed by atoms with Crippen LogP contribution < -0.4 is 0 Å². The predicted molar refractivity (Wildman–Crippen MR) is 104 cm³/mol. The molecule has 0 aromatic heterocycles. The molecule has 0 aliphatic heterocycles. The van der Waals surface area contributed by atoms with Crippen molar-refractivity contribution in [2.75, 3.05) is 0 Å².